The predicted octanol–water partition coefficient (Wildman–Crippen LogP) is 2.78. The van der Waals surface area contributed by atoms with Gasteiger partial charge in [-0.3, -0.25) is 0 Å². The monoisotopic (exact) mass is 312 g/mol. The van der Waals surface area contributed by atoms with Crippen molar-refractivity contribution in [1.29, 1.82) is 0 Å². The van der Waals surface area contributed by atoms with Gasteiger partial charge < -0.3 is 4.90 Å². The van der Waals surface area contributed by atoms with Gasteiger partial charge in [0.1, 0.15) is 0 Å². The molecular formula is C16H28N2O2S. The number of aryl methyl sites for hydroxylation is 1. The highest BCUT2D eigenvalue weighted by atomic mass is 32.2. The van der Waals surface area contributed by atoms with Gasteiger partial charge in [0.25, 0.3) is 0 Å². The Labute approximate surface area is 129 Å². The molecule has 0 aliphatic carbocycles. The fraction of sp³-hybridized carbons (Fsp3) is 0.625. The van der Waals surface area contributed by atoms with E-state index in [0.29, 0.717) is 4.90 Å². The molecule has 4 nitrogen and oxygen atoms in total. The van der Waals surface area contributed by atoms with Crippen LogP contribution in [0.15, 0.2) is 29.2 Å². The number of hydrogen-bond acceptors (Lipinski definition) is 3. The topological polar surface area (TPSA) is 49.4 Å². The summed E-state index contributed by atoms with van der Waals surface area (Å²) in [4.78, 5) is 2.69. The number of rotatable bonds is 9. The van der Waals surface area contributed by atoms with Crippen molar-refractivity contribution in [3.8, 4) is 0 Å². The third-order valence-corrected chi connectivity index (χ3v) is 5.25. The Balaban J connectivity index is 2.52. The van der Waals surface area contributed by atoms with Crippen molar-refractivity contribution >= 4 is 10.0 Å². The van der Waals surface area contributed by atoms with Gasteiger partial charge in [0.15, 0.2) is 0 Å². The van der Waals surface area contributed by atoms with Crippen LogP contribution in [0.2, 0.25) is 0 Å². The highest BCUT2D eigenvalue weighted by molar-refractivity contribution is 7.89. The summed E-state index contributed by atoms with van der Waals surface area (Å²) in [6.45, 7) is 11.2. The second kappa shape index (κ2) is 8.51. The van der Waals surface area contributed by atoms with Crippen LogP contribution in [0.5, 0.6) is 0 Å². The van der Waals surface area contributed by atoms with Crippen molar-refractivity contribution < 1.29 is 8.42 Å². The Morgan fingerprint density at radius 3 is 2.48 bits per heavy atom. The molecule has 0 aliphatic rings. The summed E-state index contributed by atoms with van der Waals surface area (Å²) < 4.78 is 27.3. The number of sulfonamides is 1. The summed E-state index contributed by atoms with van der Waals surface area (Å²) in [5, 5.41) is 0. The number of nitrogens with one attached hydrogen (secondary N) is 1. The highest BCUT2D eigenvalue weighted by Crippen LogP contribution is 2.12. The normalized spacial score (nSPS) is 13.6. The fourth-order valence-corrected chi connectivity index (χ4v) is 3.72. The van der Waals surface area contributed by atoms with Gasteiger partial charge in [-0.15, -0.1) is 0 Å². The van der Waals surface area contributed by atoms with Gasteiger partial charge in [-0.25, -0.2) is 13.1 Å². The van der Waals surface area contributed by atoms with Gasteiger partial charge in [0.05, 0.1) is 4.90 Å². The average molecular weight is 312 g/mol. The van der Waals surface area contributed by atoms with E-state index < -0.39 is 10.0 Å². The summed E-state index contributed by atoms with van der Waals surface area (Å²) in [5.41, 5.74) is 0.951. The van der Waals surface area contributed by atoms with Crippen LogP contribution in [-0.2, 0) is 10.0 Å². The number of benzene rings is 1. The molecule has 1 N–H and O–H groups in total. The molecule has 0 spiro atoms. The molecule has 5 heteroatoms. The zero-order chi connectivity index (χ0) is 15.9. The third kappa shape index (κ3) is 6.16. The molecule has 0 aliphatic heterocycles. The maximum Gasteiger partial charge on any atom is 0.240 e. The first-order chi connectivity index (χ1) is 9.89. The van der Waals surface area contributed by atoms with Crippen LogP contribution in [0, 0.1) is 6.92 Å². The predicted molar refractivity (Wildman–Crippen MR) is 88.0 cm³/mol. The molecule has 0 fully saturated rings. The minimum Gasteiger partial charge on any atom is -0.304 e. The Hall–Kier alpha value is -0.910. The molecule has 0 heterocycles. The first-order valence-electron chi connectivity index (χ1n) is 7.70. The average Bonchev–Trinajstić information content (AvgIpc) is 2.43. The quantitative estimate of drug-likeness (QED) is 0.763. The Bertz CT molecular complexity index is 525. The maximum absolute atomic E-state index is 12.3. The van der Waals surface area contributed by atoms with E-state index >= 15 is 0 Å². The van der Waals surface area contributed by atoms with Crippen molar-refractivity contribution in [2.45, 2.75) is 51.5 Å². The summed E-state index contributed by atoms with van der Waals surface area (Å²) in [6.07, 6.45) is 1.85. The Morgan fingerprint density at radius 2 is 1.90 bits per heavy atom. The molecule has 0 bridgehead atoms. The Morgan fingerprint density at radius 1 is 1.24 bits per heavy atom. The van der Waals surface area contributed by atoms with Gasteiger partial charge in [-0.2, -0.15) is 0 Å². The van der Waals surface area contributed by atoms with Crippen LogP contribution >= 0.6 is 0 Å². The number of hydrogen-bond donors (Lipinski definition) is 1. The second-order valence-corrected chi connectivity index (χ2v) is 7.22. The zero-order valence-corrected chi connectivity index (χ0v) is 14.4. The first kappa shape index (κ1) is 18.1. The van der Waals surface area contributed by atoms with E-state index in [1.807, 2.05) is 19.9 Å². The molecule has 0 aromatic heterocycles. The van der Waals surface area contributed by atoms with Gasteiger partial charge >= 0.3 is 0 Å². The van der Waals surface area contributed by atoms with Crippen LogP contribution in [0.25, 0.3) is 0 Å². The molecule has 21 heavy (non-hydrogen) atoms. The third-order valence-electron chi connectivity index (χ3n) is 3.66. The van der Waals surface area contributed by atoms with Crippen LogP contribution in [0.1, 0.15) is 39.2 Å². The highest BCUT2D eigenvalue weighted by Gasteiger charge is 2.17. The minimum atomic E-state index is -3.41. The summed E-state index contributed by atoms with van der Waals surface area (Å²) in [5.74, 6) is 0. The lowest BCUT2D eigenvalue weighted by Gasteiger charge is -2.19. The summed E-state index contributed by atoms with van der Waals surface area (Å²) in [7, 11) is -3.41. The summed E-state index contributed by atoms with van der Waals surface area (Å²) in [6, 6.07) is 6.95. The molecule has 1 atom stereocenters. The van der Waals surface area contributed by atoms with E-state index in [0.717, 1.165) is 38.0 Å². The smallest absolute Gasteiger partial charge is 0.240 e. The summed E-state index contributed by atoms with van der Waals surface area (Å²) >= 11 is 0. The lowest BCUT2D eigenvalue weighted by molar-refractivity contribution is 0.293. The van der Waals surface area contributed by atoms with Gasteiger partial charge in [-0.1, -0.05) is 26.0 Å². The number of nitrogens with zero attached hydrogens (tertiary/aromatic N) is 1. The van der Waals surface area contributed by atoms with Crippen LogP contribution in [-0.4, -0.2) is 39.0 Å². The lowest BCUT2D eigenvalue weighted by Crippen LogP contribution is -2.33. The lowest BCUT2D eigenvalue weighted by atomic mass is 10.2. The van der Waals surface area contributed by atoms with E-state index in [-0.39, 0.29) is 6.04 Å². The van der Waals surface area contributed by atoms with Gasteiger partial charge in [0.2, 0.25) is 10.0 Å². The maximum atomic E-state index is 12.3. The molecular weight excluding hydrogens is 284 g/mol. The van der Waals surface area contributed by atoms with Crippen LogP contribution in [0.4, 0.5) is 0 Å². The van der Waals surface area contributed by atoms with Crippen molar-refractivity contribution in [2.24, 2.45) is 0 Å². The first-order valence-corrected chi connectivity index (χ1v) is 9.18. The molecule has 1 aromatic carbocycles. The van der Waals surface area contributed by atoms with Gasteiger partial charge in [0, 0.05) is 6.04 Å². The standard InChI is InChI=1S/C16H28N2O2S/c1-5-18(6-2)12-8-10-15(4)17-21(19,20)16-11-7-9-14(3)13-16/h7,9,11,13,15,17H,5-6,8,10,12H2,1-4H3. The zero-order valence-electron chi connectivity index (χ0n) is 13.6. The molecule has 0 saturated carbocycles. The molecule has 1 unspecified atom stereocenters. The Kier molecular flexibility index (Phi) is 7.35. The largest absolute Gasteiger partial charge is 0.304 e. The molecule has 1 aromatic rings. The molecule has 1 rings (SSSR count). The second-order valence-electron chi connectivity index (χ2n) is 5.51. The molecule has 0 amide bonds. The van der Waals surface area contributed by atoms with Crippen molar-refractivity contribution in [3.05, 3.63) is 29.8 Å². The fourth-order valence-electron chi connectivity index (χ4n) is 2.34. The van der Waals surface area contributed by atoms with E-state index in [1.165, 1.54) is 0 Å². The van der Waals surface area contributed by atoms with Crippen LogP contribution < -0.4 is 4.72 Å². The SMILES string of the molecule is CCN(CC)CCCC(C)NS(=O)(=O)c1cccc(C)c1. The molecule has 120 valence electrons. The minimum absolute atomic E-state index is 0.0499. The molecule has 0 radical (unpaired) electrons. The van der Waals surface area contributed by atoms with Crippen molar-refractivity contribution in [3.63, 3.8) is 0 Å². The van der Waals surface area contributed by atoms with Crippen molar-refractivity contribution in [1.82, 2.24) is 9.62 Å². The van der Waals surface area contributed by atoms with E-state index in [2.05, 4.69) is 23.5 Å². The van der Waals surface area contributed by atoms with Crippen LogP contribution in [0.3, 0.4) is 0 Å². The van der Waals surface area contributed by atoms with E-state index in [9.17, 15) is 8.42 Å². The van der Waals surface area contributed by atoms with Gasteiger partial charge in [-0.05, 0) is 64.0 Å². The van der Waals surface area contributed by atoms with Crippen molar-refractivity contribution in [2.75, 3.05) is 19.6 Å². The van der Waals surface area contributed by atoms with E-state index in [4.69, 9.17) is 0 Å². The van der Waals surface area contributed by atoms with E-state index in [1.54, 1.807) is 18.2 Å². The molecule has 0 saturated heterocycles.